The first kappa shape index (κ1) is 15.0. The molecule has 0 aliphatic heterocycles. The van der Waals surface area contributed by atoms with E-state index in [1.54, 1.807) is 22.3 Å². The van der Waals surface area contributed by atoms with Crippen molar-refractivity contribution in [2.24, 2.45) is 0 Å². The Labute approximate surface area is 128 Å². The van der Waals surface area contributed by atoms with Gasteiger partial charge >= 0.3 is 0 Å². The van der Waals surface area contributed by atoms with E-state index in [1.807, 2.05) is 31.5 Å². The Morgan fingerprint density at radius 1 is 1.45 bits per heavy atom. The highest BCUT2D eigenvalue weighted by Crippen LogP contribution is 2.14. The molecule has 3 nitrogen and oxygen atoms in total. The standard InChI is InChI=1S/C15H17ClN2OS/c1-3-12-9-11(10-14(16)17-12)15(19)18(2)7-6-13-5-4-8-20-13/h4-5,8-10H,3,6-7H2,1-2H3. The number of carbonyl (C=O) groups excluding carboxylic acids is 1. The van der Waals surface area contributed by atoms with Crippen LogP contribution in [0.5, 0.6) is 0 Å². The Morgan fingerprint density at radius 3 is 2.90 bits per heavy atom. The van der Waals surface area contributed by atoms with Crippen molar-refractivity contribution in [2.75, 3.05) is 13.6 Å². The van der Waals surface area contributed by atoms with Crippen LogP contribution in [-0.2, 0) is 12.8 Å². The lowest BCUT2D eigenvalue weighted by Gasteiger charge is -2.17. The Morgan fingerprint density at radius 2 is 2.25 bits per heavy atom. The van der Waals surface area contributed by atoms with Crippen molar-refractivity contribution in [3.8, 4) is 0 Å². The van der Waals surface area contributed by atoms with Gasteiger partial charge in [0.2, 0.25) is 0 Å². The highest BCUT2D eigenvalue weighted by Gasteiger charge is 2.13. The summed E-state index contributed by atoms with van der Waals surface area (Å²) in [5.74, 6) is -0.0134. The number of aryl methyl sites for hydroxylation is 1. The predicted octanol–water partition coefficient (Wildman–Crippen LogP) is 3.67. The van der Waals surface area contributed by atoms with Crippen LogP contribution >= 0.6 is 22.9 Å². The van der Waals surface area contributed by atoms with Crippen LogP contribution in [0.2, 0.25) is 5.15 Å². The molecule has 0 fully saturated rings. The van der Waals surface area contributed by atoms with Gasteiger partial charge in [0, 0.05) is 29.7 Å². The molecule has 2 heterocycles. The largest absolute Gasteiger partial charge is 0.341 e. The summed E-state index contributed by atoms with van der Waals surface area (Å²) >= 11 is 7.67. The van der Waals surface area contributed by atoms with Gasteiger partial charge in [0.25, 0.3) is 5.91 Å². The molecule has 0 saturated carbocycles. The quantitative estimate of drug-likeness (QED) is 0.790. The van der Waals surface area contributed by atoms with Crippen molar-refractivity contribution >= 4 is 28.8 Å². The average molecular weight is 309 g/mol. The first-order valence-electron chi connectivity index (χ1n) is 6.54. The molecule has 0 bridgehead atoms. The summed E-state index contributed by atoms with van der Waals surface area (Å²) in [4.78, 5) is 19.6. The van der Waals surface area contributed by atoms with Gasteiger partial charge in [0.15, 0.2) is 0 Å². The van der Waals surface area contributed by atoms with Crippen molar-refractivity contribution < 1.29 is 4.79 Å². The summed E-state index contributed by atoms with van der Waals surface area (Å²) in [5, 5.41) is 2.42. The molecule has 2 rings (SSSR count). The number of pyridine rings is 1. The molecular formula is C15H17ClN2OS. The Hall–Kier alpha value is -1.39. The maximum absolute atomic E-state index is 12.4. The number of hydrogen-bond donors (Lipinski definition) is 0. The molecule has 5 heteroatoms. The molecular weight excluding hydrogens is 292 g/mol. The third kappa shape index (κ3) is 3.81. The lowest BCUT2D eigenvalue weighted by Crippen LogP contribution is -2.28. The molecule has 0 N–H and O–H groups in total. The van der Waals surface area contributed by atoms with Gasteiger partial charge in [0.1, 0.15) is 5.15 Å². The van der Waals surface area contributed by atoms with Crippen LogP contribution in [0.4, 0.5) is 0 Å². The maximum Gasteiger partial charge on any atom is 0.253 e. The zero-order chi connectivity index (χ0) is 14.5. The van der Waals surface area contributed by atoms with Crippen LogP contribution in [0.1, 0.15) is 27.9 Å². The Balaban J connectivity index is 2.04. The summed E-state index contributed by atoms with van der Waals surface area (Å²) in [5.41, 5.74) is 1.45. The topological polar surface area (TPSA) is 33.2 Å². The van der Waals surface area contributed by atoms with Crippen molar-refractivity contribution in [1.82, 2.24) is 9.88 Å². The molecule has 0 spiro atoms. The van der Waals surface area contributed by atoms with Gasteiger partial charge < -0.3 is 4.90 Å². The first-order valence-corrected chi connectivity index (χ1v) is 7.80. The predicted molar refractivity (Wildman–Crippen MR) is 83.6 cm³/mol. The summed E-state index contributed by atoms with van der Waals surface area (Å²) in [6.45, 7) is 2.69. The summed E-state index contributed by atoms with van der Waals surface area (Å²) in [7, 11) is 1.82. The molecule has 2 aromatic rings. The van der Waals surface area contributed by atoms with Crippen LogP contribution in [0.25, 0.3) is 0 Å². The maximum atomic E-state index is 12.4. The van der Waals surface area contributed by atoms with E-state index < -0.39 is 0 Å². The molecule has 0 aromatic carbocycles. The van der Waals surface area contributed by atoms with Crippen LogP contribution in [-0.4, -0.2) is 29.4 Å². The van der Waals surface area contributed by atoms with Crippen LogP contribution < -0.4 is 0 Å². The number of halogens is 1. The third-order valence-electron chi connectivity index (χ3n) is 3.08. The number of likely N-dealkylation sites (N-methyl/N-ethyl adjacent to an activating group) is 1. The molecule has 0 aliphatic rings. The second-order valence-electron chi connectivity index (χ2n) is 4.58. The normalized spacial score (nSPS) is 10.6. The fraction of sp³-hybridized carbons (Fsp3) is 0.333. The van der Waals surface area contributed by atoms with E-state index in [0.29, 0.717) is 17.3 Å². The Kier molecular flexibility index (Phi) is 5.15. The molecule has 0 radical (unpaired) electrons. The first-order chi connectivity index (χ1) is 9.60. The minimum absolute atomic E-state index is 0.0134. The lowest BCUT2D eigenvalue weighted by atomic mass is 10.2. The van der Waals surface area contributed by atoms with Gasteiger partial charge in [0.05, 0.1) is 0 Å². The Bertz CT molecular complexity index is 584. The second kappa shape index (κ2) is 6.86. The highest BCUT2D eigenvalue weighted by molar-refractivity contribution is 7.09. The third-order valence-corrected chi connectivity index (χ3v) is 4.21. The smallest absolute Gasteiger partial charge is 0.253 e. The van der Waals surface area contributed by atoms with Crippen LogP contribution in [0.3, 0.4) is 0 Å². The van der Waals surface area contributed by atoms with E-state index in [-0.39, 0.29) is 5.91 Å². The number of nitrogens with zero attached hydrogens (tertiary/aromatic N) is 2. The van der Waals surface area contributed by atoms with Gasteiger partial charge in [-0.05, 0) is 36.4 Å². The zero-order valence-electron chi connectivity index (χ0n) is 11.6. The molecule has 0 atom stereocenters. The van der Waals surface area contributed by atoms with Crippen LogP contribution in [0.15, 0.2) is 29.6 Å². The fourth-order valence-corrected chi connectivity index (χ4v) is 2.83. The lowest BCUT2D eigenvalue weighted by molar-refractivity contribution is 0.0796. The van der Waals surface area contributed by atoms with Gasteiger partial charge in [-0.15, -0.1) is 11.3 Å². The van der Waals surface area contributed by atoms with E-state index in [0.717, 1.165) is 18.5 Å². The molecule has 0 saturated heterocycles. The van der Waals surface area contributed by atoms with E-state index in [4.69, 9.17) is 11.6 Å². The monoisotopic (exact) mass is 308 g/mol. The van der Waals surface area contributed by atoms with E-state index in [2.05, 4.69) is 11.1 Å². The zero-order valence-corrected chi connectivity index (χ0v) is 13.2. The average Bonchev–Trinajstić information content (AvgIpc) is 2.96. The molecule has 106 valence electrons. The molecule has 2 aromatic heterocycles. The number of amides is 1. The summed E-state index contributed by atoms with van der Waals surface area (Å²) in [6, 6.07) is 7.56. The number of rotatable bonds is 5. The fourth-order valence-electron chi connectivity index (χ4n) is 1.91. The van der Waals surface area contributed by atoms with Gasteiger partial charge in [-0.2, -0.15) is 0 Å². The minimum Gasteiger partial charge on any atom is -0.341 e. The molecule has 0 aliphatic carbocycles. The van der Waals surface area contributed by atoms with Gasteiger partial charge in [-0.25, -0.2) is 4.98 Å². The van der Waals surface area contributed by atoms with E-state index >= 15 is 0 Å². The molecule has 1 amide bonds. The van der Waals surface area contributed by atoms with Crippen molar-refractivity contribution in [2.45, 2.75) is 19.8 Å². The van der Waals surface area contributed by atoms with E-state index in [9.17, 15) is 4.79 Å². The molecule has 0 unspecified atom stereocenters. The number of hydrogen-bond acceptors (Lipinski definition) is 3. The van der Waals surface area contributed by atoms with Crippen molar-refractivity contribution in [3.05, 3.63) is 50.9 Å². The van der Waals surface area contributed by atoms with Gasteiger partial charge in [-0.1, -0.05) is 24.6 Å². The molecule has 20 heavy (non-hydrogen) atoms. The van der Waals surface area contributed by atoms with Crippen molar-refractivity contribution in [3.63, 3.8) is 0 Å². The summed E-state index contributed by atoms with van der Waals surface area (Å²) in [6.07, 6.45) is 1.64. The number of carbonyl (C=O) groups is 1. The second-order valence-corrected chi connectivity index (χ2v) is 6.00. The van der Waals surface area contributed by atoms with Crippen molar-refractivity contribution in [1.29, 1.82) is 0 Å². The van der Waals surface area contributed by atoms with E-state index in [1.165, 1.54) is 4.88 Å². The summed E-state index contributed by atoms with van der Waals surface area (Å²) < 4.78 is 0. The van der Waals surface area contributed by atoms with Gasteiger partial charge in [-0.3, -0.25) is 4.79 Å². The SMILES string of the molecule is CCc1cc(C(=O)N(C)CCc2cccs2)cc(Cl)n1. The number of aromatic nitrogens is 1. The van der Waals surface area contributed by atoms with Crippen LogP contribution in [0, 0.1) is 0 Å². The highest BCUT2D eigenvalue weighted by atomic mass is 35.5. The number of thiophene rings is 1. The minimum atomic E-state index is -0.0134.